The largest absolute Gasteiger partial charge is 0.334 e. The van der Waals surface area contributed by atoms with Crippen molar-refractivity contribution in [2.45, 2.75) is 32.4 Å². The van der Waals surface area contributed by atoms with E-state index in [-0.39, 0.29) is 23.7 Å². The summed E-state index contributed by atoms with van der Waals surface area (Å²) in [6.07, 6.45) is 0.765. The van der Waals surface area contributed by atoms with Crippen molar-refractivity contribution in [1.82, 2.24) is 4.90 Å². The van der Waals surface area contributed by atoms with E-state index < -0.39 is 4.92 Å². The lowest BCUT2D eigenvalue weighted by Gasteiger charge is -2.23. The van der Waals surface area contributed by atoms with Crippen LogP contribution in [0.1, 0.15) is 29.3 Å². The van der Waals surface area contributed by atoms with Crippen molar-refractivity contribution in [3.63, 3.8) is 0 Å². The Kier molecular flexibility index (Phi) is 3.53. The number of carbonyl (C=O) groups is 1. The molecule has 1 aromatic rings. The first-order chi connectivity index (χ1) is 8.93. The van der Waals surface area contributed by atoms with Crippen LogP contribution in [-0.4, -0.2) is 34.4 Å². The normalized spacial score (nSPS) is 22.6. The van der Waals surface area contributed by atoms with Gasteiger partial charge in [0.1, 0.15) is 0 Å². The second-order valence-electron chi connectivity index (χ2n) is 4.90. The second kappa shape index (κ2) is 4.97. The van der Waals surface area contributed by atoms with E-state index in [0.717, 1.165) is 6.42 Å². The number of hydrogen-bond donors (Lipinski definition) is 1. The van der Waals surface area contributed by atoms with Gasteiger partial charge in [-0.3, -0.25) is 14.9 Å². The van der Waals surface area contributed by atoms with Gasteiger partial charge in [-0.2, -0.15) is 0 Å². The molecule has 6 heteroatoms. The zero-order valence-electron chi connectivity index (χ0n) is 11.0. The van der Waals surface area contributed by atoms with E-state index in [2.05, 4.69) is 0 Å². The lowest BCUT2D eigenvalue weighted by atomic mass is 10.1. The van der Waals surface area contributed by atoms with E-state index in [1.807, 2.05) is 6.92 Å². The smallest absolute Gasteiger partial charge is 0.273 e. The van der Waals surface area contributed by atoms with Gasteiger partial charge in [-0.1, -0.05) is 6.07 Å². The van der Waals surface area contributed by atoms with Crippen molar-refractivity contribution >= 4 is 11.6 Å². The van der Waals surface area contributed by atoms with Crippen LogP contribution in [0.3, 0.4) is 0 Å². The Morgan fingerprint density at radius 3 is 2.74 bits per heavy atom. The average molecular weight is 263 g/mol. The third-order valence-electron chi connectivity index (χ3n) is 3.81. The Bertz CT molecular complexity index is 530. The van der Waals surface area contributed by atoms with Crippen LogP contribution in [0.5, 0.6) is 0 Å². The highest BCUT2D eigenvalue weighted by Gasteiger charge is 2.33. The van der Waals surface area contributed by atoms with Crippen LogP contribution >= 0.6 is 0 Å². The summed E-state index contributed by atoms with van der Waals surface area (Å²) in [5.74, 6) is -0.179. The minimum Gasteiger partial charge on any atom is -0.334 e. The molecule has 1 aliphatic heterocycles. The van der Waals surface area contributed by atoms with Crippen molar-refractivity contribution < 1.29 is 9.72 Å². The van der Waals surface area contributed by atoms with Gasteiger partial charge >= 0.3 is 0 Å². The molecule has 1 aliphatic rings. The quantitative estimate of drug-likeness (QED) is 0.646. The lowest BCUT2D eigenvalue weighted by Crippen LogP contribution is -2.40. The SMILES string of the molecule is Cc1c(C(=O)N2CCC(N)C2C)cccc1[N+](=O)[O-]. The predicted octanol–water partition coefficient (Wildman–Crippen LogP) is 1.46. The molecule has 2 unspecified atom stereocenters. The molecule has 0 spiro atoms. The van der Waals surface area contributed by atoms with Gasteiger partial charge in [0.05, 0.1) is 4.92 Å². The molecule has 0 bridgehead atoms. The number of carbonyl (C=O) groups excluding carboxylic acids is 1. The Labute approximate surface area is 111 Å². The van der Waals surface area contributed by atoms with Crippen molar-refractivity contribution in [1.29, 1.82) is 0 Å². The molecule has 2 rings (SSSR count). The zero-order chi connectivity index (χ0) is 14.2. The number of nitro groups is 1. The van der Waals surface area contributed by atoms with Gasteiger partial charge < -0.3 is 10.6 Å². The van der Waals surface area contributed by atoms with Crippen LogP contribution in [0.15, 0.2) is 18.2 Å². The number of benzene rings is 1. The van der Waals surface area contributed by atoms with E-state index in [4.69, 9.17) is 5.73 Å². The van der Waals surface area contributed by atoms with E-state index in [1.54, 1.807) is 24.0 Å². The van der Waals surface area contributed by atoms with Crippen LogP contribution < -0.4 is 5.73 Å². The molecule has 1 aromatic carbocycles. The molecule has 0 saturated carbocycles. The molecule has 102 valence electrons. The number of amides is 1. The van der Waals surface area contributed by atoms with Gasteiger partial charge in [0.25, 0.3) is 11.6 Å². The van der Waals surface area contributed by atoms with Gasteiger partial charge in [0.15, 0.2) is 0 Å². The minimum absolute atomic E-state index is 0.0250. The highest BCUT2D eigenvalue weighted by atomic mass is 16.6. The van der Waals surface area contributed by atoms with Crippen LogP contribution in [-0.2, 0) is 0 Å². The Hall–Kier alpha value is -1.95. The molecule has 0 aromatic heterocycles. The van der Waals surface area contributed by atoms with Gasteiger partial charge in [-0.15, -0.1) is 0 Å². The molecule has 6 nitrogen and oxygen atoms in total. The molecular formula is C13H17N3O3. The second-order valence-corrected chi connectivity index (χ2v) is 4.90. The Morgan fingerprint density at radius 1 is 1.53 bits per heavy atom. The van der Waals surface area contributed by atoms with E-state index in [1.165, 1.54) is 6.07 Å². The fraction of sp³-hybridized carbons (Fsp3) is 0.462. The summed E-state index contributed by atoms with van der Waals surface area (Å²) >= 11 is 0. The topological polar surface area (TPSA) is 89.5 Å². The fourth-order valence-corrected chi connectivity index (χ4v) is 2.46. The molecule has 1 saturated heterocycles. The third kappa shape index (κ3) is 2.31. The summed E-state index contributed by atoms with van der Waals surface area (Å²) in [6, 6.07) is 4.51. The summed E-state index contributed by atoms with van der Waals surface area (Å²) in [6.45, 7) is 4.11. The maximum Gasteiger partial charge on any atom is 0.273 e. The highest BCUT2D eigenvalue weighted by molar-refractivity contribution is 5.97. The first-order valence-corrected chi connectivity index (χ1v) is 6.24. The molecule has 1 fully saturated rings. The van der Waals surface area contributed by atoms with Crippen molar-refractivity contribution in [3.05, 3.63) is 39.4 Å². The predicted molar refractivity (Wildman–Crippen MR) is 70.9 cm³/mol. The summed E-state index contributed by atoms with van der Waals surface area (Å²) < 4.78 is 0. The van der Waals surface area contributed by atoms with E-state index in [9.17, 15) is 14.9 Å². The molecule has 2 atom stereocenters. The van der Waals surface area contributed by atoms with Crippen molar-refractivity contribution in [2.75, 3.05) is 6.54 Å². The fourth-order valence-electron chi connectivity index (χ4n) is 2.46. The van der Waals surface area contributed by atoms with Gasteiger partial charge in [0, 0.05) is 35.8 Å². The van der Waals surface area contributed by atoms with Gasteiger partial charge in [-0.05, 0) is 26.3 Å². The number of nitro benzene ring substituents is 1. The summed E-state index contributed by atoms with van der Waals surface area (Å²) in [5.41, 5.74) is 6.66. The molecule has 2 N–H and O–H groups in total. The molecule has 19 heavy (non-hydrogen) atoms. The number of nitrogens with two attached hydrogens (primary N) is 1. The molecule has 1 amide bonds. The van der Waals surface area contributed by atoms with E-state index in [0.29, 0.717) is 17.7 Å². The standard InChI is InChI=1S/C13H17N3O3/c1-8-10(4-3-5-12(8)16(18)19)13(17)15-7-6-11(14)9(15)2/h3-5,9,11H,6-7,14H2,1-2H3. The molecule has 0 radical (unpaired) electrons. The maximum absolute atomic E-state index is 12.4. The van der Waals surface area contributed by atoms with Gasteiger partial charge in [0.2, 0.25) is 0 Å². The first kappa shape index (κ1) is 13.5. The van der Waals surface area contributed by atoms with Crippen molar-refractivity contribution in [2.24, 2.45) is 5.73 Å². The Morgan fingerprint density at radius 2 is 2.21 bits per heavy atom. The summed E-state index contributed by atoms with van der Waals surface area (Å²) in [7, 11) is 0. The maximum atomic E-state index is 12.4. The summed E-state index contributed by atoms with van der Waals surface area (Å²) in [5, 5.41) is 10.9. The molecule has 0 aliphatic carbocycles. The van der Waals surface area contributed by atoms with Crippen LogP contribution in [0.2, 0.25) is 0 Å². The average Bonchev–Trinajstić information content (AvgIpc) is 2.69. The number of hydrogen-bond acceptors (Lipinski definition) is 4. The van der Waals surface area contributed by atoms with E-state index >= 15 is 0 Å². The highest BCUT2D eigenvalue weighted by Crippen LogP contribution is 2.25. The number of likely N-dealkylation sites (tertiary alicyclic amines) is 1. The minimum atomic E-state index is -0.467. The van der Waals surface area contributed by atoms with Crippen LogP contribution in [0.4, 0.5) is 5.69 Å². The molecular weight excluding hydrogens is 246 g/mol. The van der Waals surface area contributed by atoms with Crippen LogP contribution in [0, 0.1) is 17.0 Å². The lowest BCUT2D eigenvalue weighted by molar-refractivity contribution is -0.385. The number of rotatable bonds is 2. The summed E-state index contributed by atoms with van der Waals surface area (Å²) in [4.78, 5) is 24.6. The molecule has 1 heterocycles. The van der Waals surface area contributed by atoms with Gasteiger partial charge in [-0.25, -0.2) is 0 Å². The Balaban J connectivity index is 2.35. The number of nitrogens with zero attached hydrogens (tertiary/aromatic N) is 2. The third-order valence-corrected chi connectivity index (χ3v) is 3.81. The zero-order valence-corrected chi connectivity index (χ0v) is 11.0. The van der Waals surface area contributed by atoms with Crippen LogP contribution in [0.25, 0.3) is 0 Å². The monoisotopic (exact) mass is 263 g/mol. The first-order valence-electron chi connectivity index (χ1n) is 6.24. The van der Waals surface area contributed by atoms with Crippen molar-refractivity contribution in [3.8, 4) is 0 Å².